The van der Waals surface area contributed by atoms with Crippen LogP contribution in [0.25, 0.3) is 10.9 Å². The topological polar surface area (TPSA) is 106 Å². The van der Waals surface area contributed by atoms with E-state index >= 15 is 0 Å². The number of likely N-dealkylation sites (N-methyl/N-ethyl adjacent to an activating group) is 1. The van der Waals surface area contributed by atoms with Crippen molar-refractivity contribution >= 4 is 30.7 Å². The van der Waals surface area contributed by atoms with E-state index in [2.05, 4.69) is 11.0 Å². The zero-order chi connectivity index (χ0) is 27.6. The van der Waals surface area contributed by atoms with Gasteiger partial charge in [0, 0.05) is 31.0 Å². The monoisotopic (exact) mass is 540 g/mol. The number of hydrogen-bond donors (Lipinski definition) is 0. The van der Waals surface area contributed by atoms with E-state index in [0.29, 0.717) is 0 Å². The van der Waals surface area contributed by atoms with Crippen LogP contribution in [0.15, 0.2) is 24.4 Å². The molecule has 0 bridgehead atoms. The van der Waals surface area contributed by atoms with Crippen LogP contribution in [0.2, 0.25) is 0 Å². The van der Waals surface area contributed by atoms with Crippen LogP contribution in [-0.2, 0) is 50.4 Å². The van der Waals surface area contributed by atoms with Gasteiger partial charge in [-0.05, 0) is 57.0 Å². The van der Waals surface area contributed by atoms with Crippen LogP contribution in [0.3, 0.4) is 0 Å². The normalized spacial score (nSPS) is 12.2. The Labute approximate surface area is 219 Å². The lowest BCUT2D eigenvalue weighted by Crippen LogP contribution is -2.15. The summed E-state index contributed by atoms with van der Waals surface area (Å²) in [6.45, 7) is 8.99. The molecule has 1 heterocycles. The molecule has 208 valence electrons. The number of nitrogens with zero attached hydrogens (tertiary/aromatic N) is 2. The molecule has 0 saturated carbocycles. The van der Waals surface area contributed by atoms with E-state index in [-0.39, 0.29) is 31.4 Å². The molecule has 0 aliphatic carbocycles. The van der Waals surface area contributed by atoms with Gasteiger partial charge < -0.3 is 18.9 Å². The molecule has 1 aromatic heterocycles. The van der Waals surface area contributed by atoms with Gasteiger partial charge in [0.2, 0.25) is 13.6 Å². The lowest BCUT2D eigenvalue weighted by molar-refractivity contribution is -0.154. The Hall–Kier alpha value is -2.23. The summed E-state index contributed by atoms with van der Waals surface area (Å²) in [6, 6.07) is 6.07. The molecule has 0 atom stereocenters. The van der Waals surface area contributed by atoms with Crippen LogP contribution in [0, 0.1) is 18.8 Å². The number of carbonyl (C=O) groups is 2. The lowest BCUT2D eigenvalue weighted by atomic mass is 10.1. The number of aromatic nitrogens is 1. The van der Waals surface area contributed by atoms with Gasteiger partial charge in [-0.3, -0.25) is 14.1 Å². The molecule has 0 radical (unpaired) electrons. The predicted octanol–water partition coefficient (Wildman–Crippen LogP) is 5.26. The van der Waals surface area contributed by atoms with Crippen molar-refractivity contribution in [3.63, 3.8) is 0 Å². The highest BCUT2D eigenvalue weighted by molar-refractivity contribution is 7.48. The molecular weight excluding hydrogens is 499 g/mol. The standard InChI is InChI=1S/C26H41N2O8P/c1-19(2)12-25(29)32-17-35-37(31,36-18-33-26(30)13-20(3)4)34-16-28-15-22(10-11-27(6)7)23-14-21(5)8-9-24(23)28/h8-9,14-15,19-20H,10-13,16-18H2,1-7H3. The second kappa shape index (κ2) is 14.6. The van der Waals surface area contributed by atoms with Crippen LogP contribution in [-0.4, -0.2) is 55.6 Å². The third kappa shape index (κ3) is 11.0. The molecule has 10 nitrogen and oxygen atoms in total. The number of fused-ring (bicyclic) bond motifs is 1. The molecule has 0 spiro atoms. The highest BCUT2D eigenvalue weighted by Crippen LogP contribution is 2.50. The molecule has 1 aromatic carbocycles. The van der Waals surface area contributed by atoms with Crippen molar-refractivity contribution in [1.29, 1.82) is 0 Å². The first kappa shape index (κ1) is 31.0. The number of ether oxygens (including phenoxy) is 2. The predicted molar refractivity (Wildman–Crippen MR) is 141 cm³/mol. The first-order chi connectivity index (χ1) is 17.4. The van der Waals surface area contributed by atoms with Gasteiger partial charge in [0.05, 0.1) is 5.52 Å². The molecule has 2 aromatic rings. The zero-order valence-corrected chi connectivity index (χ0v) is 23.9. The summed E-state index contributed by atoms with van der Waals surface area (Å²) in [6.07, 6.45) is 3.14. The van der Waals surface area contributed by atoms with Crippen molar-refractivity contribution in [3.8, 4) is 0 Å². The molecule has 0 aliphatic rings. The van der Waals surface area contributed by atoms with Gasteiger partial charge in [0.25, 0.3) is 0 Å². The fraction of sp³-hybridized carbons (Fsp3) is 0.615. The number of phosphoric acid groups is 1. The molecule has 2 rings (SSSR count). The maximum absolute atomic E-state index is 13.3. The second-order valence-corrected chi connectivity index (χ2v) is 11.8. The summed E-state index contributed by atoms with van der Waals surface area (Å²) < 4.78 is 41.3. The lowest BCUT2D eigenvalue weighted by Gasteiger charge is -2.19. The van der Waals surface area contributed by atoms with Crippen molar-refractivity contribution in [2.75, 3.05) is 34.2 Å². The number of rotatable bonds is 16. The van der Waals surface area contributed by atoms with E-state index < -0.39 is 33.3 Å². The average molecular weight is 541 g/mol. The molecule has 37 heavy (non-hydrogen) atoms. The van der Waals surface area contributed by atoms with Gasteiger partial charge >= 0.3 is 19.8 Å². The average Bonchev–Trinajstić information content (AvgIpc) is 3.12. The largest absolute Gasteiger partial charge is 0.482 e. The van der Waals surface area contributed by atoms with Gasteiger partial charge in [-0.25, -0.2) is 13.6 Å². The number of esters is 2. The van der Waals surface area contributed by atoms with E-state index in [4.69, 9.17) is 23.0 Å². The SMILES string of the molecule is Cc1ccc2c(c1)c(CCN(C)C)cn2COP(=O)(OCOC(=O)CC(C)C)OCOC(=O)CC(C)C. The Morgan fingerprint density at radius 1 is 0.946 bits per heavy atom. The highest BCUT2D eigenvalue weighted by Gasteiger charge is 2.29. The Bertz CT molecular complexity index is 1050. The molecule has 0 aliphatic heterocycles. The van der Waals surface area contributed by atoms with Crippen LogP contribution in [0.5, 0.6) is 0 Å². The third-order valence-electron chi connectivity index (χ3n) is 5.31. The summed E-state index contributed by atoms with van der Waals surface area (Å²) in [4.78, 5) is 25.8. The smallest absolute Gasteiger partial charge is 0.438 e. The van der Waals surface area contributed by atoms with Crippen LogP contribution >= 0.6 is 7.82 Å². The molecule has 0 saturated heterocycles. The van der Waals surface area contributed by atoms with Crippen molar-refractivity contribution < 1.29 is 37.2 Å². The quantitative estimate of drug-likeness (QED) is 0.160. The fourth-order valence-corrected chi connectivity index (χ4v) is 4.33. The summed E-state index contributed by atoms with van der Waals surface area (Å²) in [5, 5.41) is 1.08. The van der Waals surface area contributed by atoms with Crippen LogP contribution in [0.4, 0.5) is 0 Å². The van der Waals surface area contributed by atoms with E-state index in [9.17, 15) is 14.2 Å². The minimum atomic E-state index is -4.26. The molecule has 0 N–H and O–H groups in total. The Kier molecular flexibility index (Phi) is 12.3. The van der Waals surface area contributed by atoms with E-state index in [1.54, 1.807) is 0 Å². The molecule has 0 fully saturated rings. The third-order valence-corrected chi connectivity index (χ3v) is 6.59. The Balaban J connectivity index is 2.14. The van der Waals surface area contributed by atoms with E-state index in [0.717, 1.165) is 35.0 Å². The Morgan fingerprint density at radius 3 is 2.03 bits per heavy atom. The number of aryl methyl sites for hydroxylation is 1. The fourth-order valence-electron chi connectivity index (χ4n) is 3.48. The number of carbonyl (C=O) groups excluding carboxylic acids is 2. The van der Waals surface area contributed by atoms with E-state index in [1.165, 1.54) is 0 Å². The minimum Gasteiger partial charge on any atom is -0.438 e. The zero-order valence-electron chi connectivity index (χ0n) is 23.0. The minimum absolute atomic E-state index is 0.0968. The molecule has 0 amide bonds. The number of hydrogen-bond acceptors (Lipinski definition) is 9. The van der Waals surface area contributed by atoms with E-state index in [1.807, 2.05) is 71.6 Å². The van der Waals surface area contributed by atoms with Crippen molar-refractivity contribution in [2.45, 2.75) is 60.6 Å². The van der Waals surface area contributed by atoms with Gasteiger partial charge in [-0.15, -0.1) is 0 Å². The summed E-state index contributed by atoms with van der Waals surface area (Å²) in [5.74, 6) is -0.802. The molecule has 0 unspecified atom stereocenters. The first-order valence-corrected chi connectivity index (χ1v) is 13.9. The summed E-state index contributed by atoms with van der Waals surface area (Å²) >= 11 is 0. The maximum atomic E-state index is 13.3. The van der Waals surface area contributed by atoms with Gasteiger partial charge in [0.1, 0.15) is 6.73 Å². The van der Waals surface area contributed by atoms with Gasteiger partial charge in [-0.1, -0.05) is 39.3 Å². The molecule has 11 heteroatoms. The van der Waals surface area contributed by atoms with Crippen LogP contribution < -0.4 is 0 Å². The van der Waals surface area contributed by atoms with Gasteiger partial charge in [0.15, 0.2) is 0 Å². The second-order valence-electron chi connectivity index (χ2n) is 10.1. The van der Waals surface area contributed by atoms with Gasteiger partial charge in [-0.2, -0.15) is 0 Å². The van der Waals surface area contributed by atoms with Crippen molar-refractivity contribution in [2.24, 2.45) is 11.8 Å². The maximum Gasteiger partial charge on any atom is 0.482 e. The number of phosphoric ester groups is 1. The summed E-state index contributed by atoms with van der Waals surface area (Å²) in [7, 11) is -0.230. The molecular formula is C26H41N2O8P. The van der Waals surface area contributed by atoms with Crippen molar-refractivity contribution in [3.05, 3.63) is 35.5 Å². The first-order valence-electron chi connectivity index (χ1n) is 12.5. The highest BCUT2D eigenvalue weighted by atomic mass is 31.2. The Morgan fingerprint density at radius 2 is 1.51 bits per heavy atom. The number of benzene rings is 1. The van der Waals surface area contributed by atoms with Crippen LogP contribution in [0.1, 0.15) is 51.7 Å². The van der Waals surface area contributed by atoms with Crippen molar-refractivity contribution in [1.82, 2.24) is 9.47 Å². The summed E-state index contributed by atoms with van der Waals surface area (Å²) in [5.41, 5.74) is 3.15.